The number of carbonyl (C=O) groups excluding carboxylic acids is 2. The van der Waals surface area contributed by atoms with Gasteiger partial charge in [-0.1, -0.05) is 58.3 Å². The van der Waals surface area contributed by atoms with E-state index in [1.54, 1.807) is 0 Å². The van der Waals surface area contributed by atoms with Crippen molar-refractivity contribution in [3.05, 3.63) is 0 Å². The zero-order chi connectivity index (χ0) is 16.9. The standard InChI is InChI=1S/C19H34O4/c1-3-4-5-10-13-18-17(20)15-16(23-18)12-9-7-6-8-11-14-19(21)22-2/h16,18H,3-15H2,1-2H3. The monoisotopic (exact) mass is 326 g/mol. The SMILES string of the molecule is CCCCCCC1OC(CCCCCCCC(=O)OC)CC1=O. The minimum atomic E-state index is -0.128. The molecular formula is C19H34O4. The molecule has 0 saturated carbocycles. The molecule has 1 rings (SSSR count). The molecule has 23 heavy (non-hydrogen) atoms. The lowest BCUT2D eigenvalue weighted by Gasteiger charge is -2.12. The predicted molar refractivity (Wildman–Crippen MR) is 91.4 cm³/mol. The summed E-state index contributed by atoms with van der Waals surface area (Å²) in [4.78, 5) is 22.9. The van der Waals surface area contributed by atoms with E-state index >= 15 is 0 Å². The van der Waals surface area contributed by atoms with E-state index in [1.807, 2.05) is 0 Å². The smallest absolute Gasteiger partial charge is 0.305 e. The second kappa shape index (κ2) is 12.5. The van der Waals surface area contributed by atoms with Crippen LogP contribution in [0.25, 0.3) is 0 Å². The quantitative estimate of drug-likeness (QED) is 0.367. The molecule has 0 bridgehead atoms. The van der Waals surface area contributed by atoms with Gasteiger partial charge in [0, 0.05) is 12.8 Å². The Bertz CT molecular complexity index is 340. The highest BCUT2D eigenvalue weighted by Crippen LogP contribution is 2.25. The zero-order valence-electron chi connectivity index (χ0n) is 15.0. The van der Waals surface area contributed by atoms with Crippen molar-refractivity contribution in [1.29, 1.82) is 0 Å². The Morgan fingerprint density at radius 1 is 1.04 bits per heavy atom. The van der Waals surface area contributed by atoms with Crippen LogP contribution in [0.2, 0.25) is 0 Å². The van der Waals surface area contributed by atoms with Crippen molar-refractivity contribution >= 4 is 11.8 Å². The summed E-state index contributed by atoms with van der Waals surface area (Å²) < 4.78 is 10.5. The molecule has 0 spiro atoms. The molecule has 1 aliphatic rings. The molecule has 134 valence electrons. The topological polar surface area (TPSA) is 52.6 Å². The van der Waals surface area contributed by atoms with Crippen LogP contribution in [0.4, 0.5) is 0 Å². The van der Waals surface area contributed by atoms with Crippen LogP contribution in [0.3, 0.4) is 0 Å². The number of rotatable bonds is 13. The first kappa shape index (κ1) is 20.1. The fourth-order valence-electron chi connectivity index (χ4n) is 3.14. The van der Waals surface area contributed by atoms with Crippen molar-refractivity contribution in [2.45, 2.75) is 103 Å². The van der Waals surface area contributed by atoms with Crippen LogP contribution in [0.5, 0.6) is 0 Å². The lowest BCUT2D eigenvalue weighted by Crippen LogP contribution is -2.15. The van der Waals surface area contributed by atoms with Gasteiger partial charge in [0.2, 0.25) is 0 Å². The minimum Gasteiger partial charge on any atom is -0.469 e. The first-order valence-corrected chi connectivity index (χ1v) is 9.42. The van der Waals surface area contributed by atoms with Gasteiger partial charge in [-0.25, -0.2) is 0 Å². The number of Topliss-reactive ketones (excluding diaryl/α,β-unsaturated/α-hetero) is 1. The fraction of sp³-hybridized carbons (Fsp3) is 0.895. The van der Waals surface area contributed by atoms with E-state index < -0.39 is 0 Å². The molecule has 0 aromatic heterocycles. The molecule has 0 radical (unpaired) electrons. The summed E-state index contributed by atoms with van der Waals surface area (Å²) in [7, 11) is 1.43. The van der Waals surface area contributed by atoms with Gasteiger partial charge in [-0.2, -0.15) is 0 Å². The molecule has 0 aliphatic carbocycles. The second-order valence-electron chi connectivity index (χ2n) is 6.65. The lowest BCUT2D eigenvalue weighted by atomic mass is 10.0. The third kappa shape index (κ3) is 9.09. The van der Waals surface area contributed by atoms with E-state index in [1.165, 1.54) is 26.4 Å². The maximum Gasteiger partial charge on any atom is 0.305 e. The van der Waals surface area contributed by atoms with Crippen molar-refractivity contribution in [3.63, 3.8) is 0 Å². The third-order valence-electron chi connectivity index (χ3n) is 4.60. The van der Waals surface area contributed by atoms with E-state index in [4.69, 9.17) is 4.74 Å². The molecule has 4 heteroatoms. The summed E-state index contributed by atoms with van der Waals surface area (Å²) in [6, 6.07) is 0. The highest BCUT2D eigenvalue weighted by atomic mass is 16.5. The summed E-state index contributed by atoms with van der Waals surface area (Å²) in [6.07, 6.45) is 13.2. The van der Waals surface area contributed by atoms with Gasteiger partial charge in [-0.05, 0) is 19.3 Å². The van der Waals surface area contributed by atoms with Crippen molar-refractivity contribution in [2.75, 3.05) is 7.11 Å². The van der Waals surface area contributed by atoms with Crippen LogP contribution in [-0.2, 0) is 19.1 Å². The third-order valence-corrected chi connectivity index (χ3v) is 4.60. The lowest BCUT2D eigenvalue weighted by molar-refractivity contribution is -0.140. The van der Waals surface area contributed by atoms with E-state index in [-0.39, 0.29) is 18.2 Å². The number of methoxy groups -OCH3 is 1. The number of esters is 1. The summed E-state index contributed by atoms with van der Waals surface area (Å²) in [6.45, 7) is 2.20. The minimum absolute atomic E-state index is 0.118. The van der Waals surface area contributed by atoms with Crippen molar-refractivity contribution in [1.82, 2.24) is 0 Å². The Morgan fingerprint density at radius 3 is 2.43 bits per heavy atom. The van der Waals surface area contributed by atoms with E-state index in [0.717, 1.165) is 51.4 Å². The van der Waals surface area contributed by atoms with Gasteiger partial charge in [0.25, 0.3) is 0 Å². The second-order valence-corrected chi connectivity index (χ2v) is 6.65. The average molecular weight is 326 g/mol. The molecule has 2 atom stereocenters. The van der Waals surface area contributed by atoms with Gasteiger partial charge in [0.1, 0.15) is 6.10 Å². The number of ketones is 1. The maximum atomic E-state index is 11.9. The van der Waals surface area contributed by atoms with Gasteiger partial charge in [-0.3, -0.25) is 9.59 Å². The molecule has 1 heterocycles. The molecule has 0 aromatic carbocycles. The Hall–Kier alpha value is -0.900. The number of unbranched alkanes of at least 4 members (excludes halogenated alkanes) is 7. The molecule has 4 nitrogen and oxygen atoms in total. The van der Waals surface area contributed by atoms with Gasteiger partial charge in [-0.15, -0.1) is 0 Å². The molecule has 0 aromatic rings. The number of carbonyl (C=O) groups is 2. The molecular weight excluding hydrogens is 292 g/mol. The first-order valence-electron chi connectivity index (χ1n) is 9.42. The average Bonchev–Trinajstić information content (AvgIpc) is 2.90. The largest absolute Gasteiger partial charge is 0.469 e. The van der Waals surface area contributed by atoms with Crippen LogP contribution < -0.4 is 0 Å². The fourth-order valence-corrected chi connectivity index (χ4v) is 3.14. The van der Waals surface area contributed by atoms with Crippen LogP contribution in [0.15, 0.2) is 0 Å². The Kier molecular flexibility index (Phi) is 11.0. The highest BCUT2D eigenvalue weighted by Gasteiger charge is 2.32. The van der Waals surface area contributed by atoms with Crippen LogP contribution >= 0.6 is 0 Å². The predicted octanol–water partition coefficient (Wildman–Crippen LogP) is 4.59. The van der Waals surface area contributed by atoms with Crippen molar-refractivity contribution < 1.29 is 19.1 Å². The molecule has 2 unspecified atom stereocenters. The summed E-state index contributed by atoms with van der Waals surface area (Å²) >= 11 is 0. The van der Waals surface area contributed by atoms with Crippen LogP contribution in [-0.4, -0.2) is 31.1 Å². The normalized spacial score (nSPS) is 20.9. The van der Waals surface area contributed by atoms with Crippen LogP contribution in [0.1, 0.15) is 90.4 Å². The number of hydrogen-bond acceptors (Lipinski definition) is 4. The van der Waals surface area contributed by atoms with Gasteiger partial charge < -0.3 is 9.47 Å². The molecule has 1 aliphatic heterocycles. The Labute approximate surface area is 141 Å². The van der Waals surface area contributed by atoms with Crippen LogP contribution in [0, 0.1) is 0 Å². The van der Waals surface area contributed by atoms with Gasteiger partial charge in [0.15, 0.2) is 5.78 Å². The van der Waals surface area contributed by atoms with Crippen molar-refractivity contribution in [2.24, 2.45) is 0 Å². The Morgan fingerprint density at radius 2 is 1.70 bits per heavy atom. The number of hydrogen-bond donors (Lipinski definition) is 0. The molecule has 1 saturated heterocycles. The molecule has 0 amide bonds. The number of ether oxygens (including phenoxy) is 2. The van der Waals surface area contributed by atoms with E-state index in [0.29, 0.717) is 18.6 Å². The molecule has 0 N–H and O–H groups in total. The molecule has 1 fully saturated rings. The highest BCUT2D eigenvalue weighted by molar-refractivity contribution is 5.85. The summed E-state index contributed by atoms with van der Waals surface area (Å²) in [5.74, 6) is 0.192. The first-order chi connectivity index (χ1) is 11.2. The van der Waals surface area contributed by atoms with E-state index in [2.05, 4.69) is 11.7 Å². The van der Waals surface area contributed by atoms with Crippen molar-refractivity contribution in [3.8, 4) is 0 Å². The van der Waals surface area contributed by atoms with Gasteiger partial charge >= 0.3 is 5.97 Å². The zero-order valence-corrected chi connectivity index (χ0v) is 15.0. The summed E-state index contributed by atoms with van der Waals surface area (Å²) in [5, 5.41) is 0. The van der Waals surface area contributed by atoms with E-state index in [9.17, 15) is 9.59 Å². The summed E-state index contributed by atoms with van der Waals surface area (Å²) in [5.41, 5.74) is 0. The van der Waals surface area contributed by atoms with Gasteiger partial charge in [0.05, 0.1) is 13.2 Å². The Balaban J connectivity index is 1.99. The maximum absolute atomic E-state index is 11.9.